The number of morpholine rings is 1. The van der Waals surface area contributed by atoms with Crippen LogP contribution in [0, 0.1) is 5.92 Å². The highest BCUT2D eigenvalue weighted by molar-refractivity contribution is 6.32. The molecule has 2 aromatic rings. The topological polar surface area (TPSA) is 51.2 Å². The van der Waals surface area contributed by atoms with Crippen molar-refractivity contribution in [3.05, 3.63) is 52.5 Å². The Hall–Kier alpha value is -2.44. The van der Waals surface area contributed by atoms with Crippen molar-refractivity contribution in [3.8, 4) is 11.5 Å². The molecule has 0 radical (unpaired) electrons. The predicted octanol–water partition coefficient (Wildman–Crippen LogP) is 4.49. The number of carbonyl (C=O) groups is 1. The lowest BCUT2D eigenvalue weighted by Crippen LogP contribution is -2.36. The maximum Gasteiger partial charge on any atom is 0.254 e. The van der Waals surface area contributed by atoms with Gasteiger partial charge in [-0.3, -0.25) is 4.79 Å². The second-order valence-electron chi connectivity index (χ2n) is 8.12. The molecule has 31 heavy (non-hydrogen) atoms. The molecule has 6 nitrogen and oxygen atoms in total. The normalized spacial score (nSPS) is 13.9. The van der Waals surface area contributed by atoms with E-state index >= 15 is 0 Å². The van der Waals surface area contributed by atoms with Crippen LogP contribution >= 0.6 is 11.6 Å². The summed E-state index contributed by atoms with van der Waals surface area (Å²) in [5.74, 6) is 1.14. The summed E-state index contributed by atoms with van der Waals surface area (Å²) in [7, 11) is 3.32. The number of hydrogen-bond acceptors (Lipinski definition) is 5. The van der Waals surface area contributed by atoms with Gasteiger partial charge in [0.25, 0.3) is 5.91 Å². The third kappa shape index (κ3) is 6.05. The largest absolute Gasteiger partial charge is 0.493 e. The zero-order valence-electron chi connectivity index (χ0n) is 18.7. The zero-order chi connectivity index (χ0) is 22.4. The average molecular weight is 447 g/mol. The van der Waals surface area contributed by atoms with Crippen LogP contribution < -0.4 is 14.4 Å². The van der Waals surface area contributed by atoms with Crippen molar-refractivity contribution in [1.82, 2.24) is 4.90 Å². The smallest absolute Gasteiger partial charge is 0.254 e. The quantitative estimate of drug-likeness (QED) is 0.597. The van der Waals surface area contributed by atoms with Crippen LogP contribution in [0.3, 0.4) is 0 Å². The molecular formula is C24H31ClN2O4. The molecule has 0 N–H and O–H groups in total. The van der Waals surface area contributed by atoms with Crippen LogP contribution in [0.2, 0.25) is 5.02 Å². The van der Waals surface area contributed by atoms with Gasteiger partial charge in [0.15, 0.2) is 11.5 Å². The Morgan fingerprint density at radius 3 is 2.48 bits per heavy atom. The number of nitrogens with zero attached hydrogens (tertiary/aromatic N) is 2. The van der Waals surface area contributed by atoms with E-state index in [1.807, 2.05) is 0 Å². The molecular weight excluding hydrogens is 416 g/mol. The molecule has 1 aliphatic heterocycles. The van der Waals surface area contributed by atoms with Gasteiger partial charge in [0.1, 0.15) is 0 Å². The zero-order valence-corrected chi connectivity index (χ0v) is 19.4. The van der Waals surface area contributed by atoms with Gasteiger partial charge in [0.05, 0.1) is 32.0 Å². The highest BCUT2D eigenvalue weighted by Gasteiger charge is 2.19. The summed E-state index contributed by atoms with van der Waals surface area (Å²) < 4.78 is 16.6. The standard InChI is InChI=1S/C24H31ClN2O4/c1-17(2)16-31-23-21(25)13-19(14-22(23)29-4)24(28)26(3)15-18-5-7-20(8-6-18)27-9-11-30-12-10-27/h5-8,13-14,17H,9-12,15-16H2,1-4H3. The van der Waals surface area contributed by atoms with Crippen molar-refractivity contribution < 1.29 is 19.0 Å². The average Bonchev–Trinajstić information content (AvgIpc) is 2.78. The van der Waals surface area contributed by atoms with Gasteiger partial charge in [-0.25, -0.2) is 0 Å². The second kappa shape index (κ2) is 10.7. The minimum atomic E-state index is -0.132. The number of anilines is 1. The van der Waals surface area contributed by atoms with Crippen LogP contribution in [0.5, 0.6) is 11.5 Å². The number of methoxy groups -OCH3 is 1. The molecule has 0 unspecified atom stereocenters. The van der Waals surface area contributed by atoms with Crippen LogP contribution in [0.4, 0.5) is 5.69 Å². The number of ether oxygens (including phenoxy) is 3. The molecule has 0 bridgehead atoms. The van der Waals surface area contributed by atoms with Crippen LogP contribution in [-0.4, -0.2) is 57.9 Å². The monoisotopic (exact) mass is 446 g/mol. The van der Waals surface area contributed by atoms with Crippen LogP contribution in [0.25, 0.3) is 0 Å². The molecule has 1 amide bonds. The summed E-state index contributed by atoms with van der Waals surface area (Å²) in [5.41, 5.74) is 2.70. The molecule has 1 saturated heterocycles. The summed E-state index contributed by atoms with van der Waals surface area (Å²) in [5, 5.41) is 0.367. The van der Waals surface area contributed by atoms with E-state index in [4.69, 9.17) is 25.8 Å². The van der Waals surface area contributed by atoms with Crippen molar-refractivity contribution in [2.75, 3.05) is 52.0 Å². The van der Waals surface area contributed by atoms with Gasteiger partial charge < -0.3 is 24.0 Å². The number of halogens is 1. The fourth-order valence-electron chi connectivity index (χ4n) is 3.43. The van der Waals surface area contributed by atoms with Gasteiger partial charge in [0, 0.05) is 37.9 Å². The molecule has 0 aromatic heterocycles. The van der Waals surface area contributed by atoms with Crippen LogP contribution in [-0.2, 0) is 11.3 Å². The van der Waals surface area contributed by atoms with Crippen molar-refractivity contribution >= 4 is 23.2 Å². The lowest BCUT2D eigenvalue weighted by molar-refractivity contribution is 0.0784. The number of benzene rings is 2. The Bertz CT molecular complexity index is 880. The van der Waals surface area contributed by atoms with E-state index in [0.717, 1.165) is 31.9 Å². The number of amides is 1. The molecule has 1 heterocycles. The lowest BCUT2D eigenvalue weighted by Gasteiger charge is -2.29. The van der Waals surface area contributed by atoms with Crippen molar-refractivity contribution in [2.45, 2.75) is 20.4 Å². The first-order valence-electron chi connectivity index (χ1n) is 10.6. The number of hydrogen-bond donors (Lipinski definition) is 0. The first kappa shape index (κ1) is 23.2. The van der Waals surface area contributed by atoms with Crippen LogP contribution in [0.1, 0.15) is 29.8 Å². The van der Waals surface area contributed by atoms with E-state index in [1.54, 1.807) is 31.2 Å². The molecule has 1 fully saturated rings. The maximum atomic E-state index is 13.0. The van der Waals surface area contributed by atoms with Crippen molar-refractivity contribution in [3.63, 3.8) is 0 Å². The third-order valence-electron chi connectivity index (χ3n) is 5.12. The predicted molar refractivity (Wildman–Crippen MR) is 124 cm³/mol. The van der Waals surface area contributed by atoms with Gasteiger partial charge in [0.2, 0.25) is 0 Å². The molecule has 0 saturated carbocycles. The second-order valence-corrected chi connectivity index (χ2v) is 8.53. The van der Waals surface area contributed by atoms with E-state index in [2.05, 4.69) is 43.0 Å². The molecule has 3 rings (SSSR count). The molecule has 0 spiro atoms. The van der Waals surface area contributed by atoms with Gasteiger partial charge >= 0.3 is 0 Å². The molecule has 0 aliphatic carbocycles. The molecule has 0 atom stereocenters. The summed E-state index contributed by atoms with van der Waals surface area (Å²) in [6.07, 6.45) is 0. The fraction of sp³-hybridized carbons (Fsp3) is 0.458. The van der Waals surface area contributed by atoms with E-state index in [-0.39, 0.29) is 5.91 Å². The minimum absolute atomic E-state index is 0.132. The molecule has 2 aromatic carbocycles. The van der Waals surface area contributed by atoms with E-state index < -0.39 is 0 Å². The van der Waals surface area contributed by atoms with Gasteiger partial charge in [-0.1, -0.05) is 37.6 Å². The number of rotatable bonds is 8. The lowest BCUT2D eigenvalue weighted by atomic mass is 10.1. The van der Waals surface area contributed by atoms with Gasteiger partial charge in [-0.05, 0) is 35.7 Å². The highest BCUT2D eigenvalue weighted by Crippen LogP contribution is 2.37. The summed E-state index contributed by atoms with van der Waals surface area (Å²) in [4.78, 5) is 17.0. The highest BCUT2D eigenvalue weighted by atomic mass is 35.5. The first-order valence-corrected chi connectivity index (χ1v) is 10.9. The Morgan fingerprint density at radius 1 is 1.19 bits per heavy atom. The minimum Gasteiger partial charge on any atom is -0.493 e. The van der Waals surface area contributed by atoms with E-state index in [0.29, 0.717) is 41.2 Å². The fourth-order valence-corrected chi connectivity index (χ4v) is 3.70. The van der Waals surface area contributed by atoms with Crippen molar-refractivity contribution in [1.29, 1.82) is 0 Å². The first-order chi connectivity index (χ1) is 14.9. The Kier molecular flexibility index (Phi) is 8.04. The molecule has 168 valence electrons. The van der Waals surface area contributed by atoms with Crippen LogP contribution in [0.15, 0.2) is 36.4 Å². The molecule has 1 aliphatic rings. The molecule has 7 heteroatoms. The maximum absolute atomic E-state index is 13.0. The Morgan fingerprint density at radius 2 is 1.87 bits per heavy atom. The Balaban J connectivity index is 1.68. The summed E-state index contributed by atoms with van der Waals surface area (Å²) in [6.45, 7) is 8.44. The third-order valence-corrected chi connectivity index (χ3v) is 5.40. The summed E-state index contributed by atoms with van der Waals surface area (Å²) >= 11 is 6.41. The Labute approximate surface area is 189 Å². The summed E-state index contributed by atoms with van der Waals surface area (Å²) in [6, 6.07) is 11.6. The van der Waals surface area contributed by atoms with Gasteiger partial charge in [-0.2, -0.15) is 0 Å². The van der Waals surface area contributed by atoms with Gasteiger partial charge in [-0.15, -0.1) is 0 Å². The van der Waals surface area contributed by atoms with E-state index in [9.17, 15) is 4.79 Å². The number of carbonyl (C=O) groups excluding carboxylic acids is 1. The SMILES string of the molecule is COc1cc(C(=O)N(C)Cc2ccc(N3CCOCC3)cc2)cc(Cl)c1OCC(C)C. The van der Waals surface area contributed by atoms with Crippen molar-refractivity contribution in [2.24, 2.45) is 5.92 Å². The van der Waals surface area contributed by atoms with E-state index in [1.165, 1.54) is 5.69 Å².